The molecule has 3 nitrogen and oxygen atoms in total. The van der Waals surface area contributed by atoms with Crippen LogP contribution in [0.25, 0.3) is 0 Å². The number of nitrogens with zero attached hydrogens (tertiary/aromatic N) is 2. The number of thiazole rings is 1. The highest BCUT2D eigenvalue weighted by molar-refractivity contribution is 7.09. The van der Waals surface area contributed by atoms with Gasteiger partial charge in [-0.25, -0.2) is 0 Å². The summed E-state index contributed by atoms with van der Waals surface area (Å²) in [7, 11) is 2.17. The van der Waals surface area contributed by atoms with E-state index in [0.29, 0.717) is 6.04 Å². The Balaban J connectivity index is 1.74. The van der Waals surface area contributed by atoms with E-state index in [1.54, 1.807) is 11.3 Å². The summed E-state index contributed by atoms with van der Waals surface area (Å²) in [4.78, 5) is 7.74. The van der Waals surface area contributed by atoms with Crippen LogP contribution in [-0.2, 0) is 6.54 Å². The summed E-state index contributed by atoms with van der Waals surface area (Å²) < 4.78 is 0. The van der Waals surface area contributed by atoms with Gasteiger partial charge in [0.15, 0.2) is 0 Å². The van der Waals surface area contributed by atoms with Gasteiger partial charge in [-0.2, -0.15) is 0 Å². The summed E-state index contributed by atoms with van der Waals surface area (Å²) in [5, 5.41) is 3.54. The molecule has 0 bridgehead atoms. The number of nitrogens with one attached hydrogen (secondary N) is 1. The summed E-state index contributed by atoms with van der Waals surface area (Å²) in [6, 6.07) is 0.673. The predicted octanol–water partition coefficient (Wildman–Crippen LogP) is 0.937. The van der Waals surface area contributed by atoms with Crippen molar-refractivity contribution >= 4 is 11.3 Å². The summed E-state index contributed by atoms with van der Waals surface area (Å²) in [6.07, 6.45) is 3.21. The van der Waals surface area contributed by atoms with Gasteiger partial charge < -0.3 is 10.2 Å². The van der Waals surface area contributed by atoms with Crippen molar-refractivity contribution in [2.75, 3.05) is 20.1 Å². The second-order valence-electron chi connectivity index (χ2n) is 3.60. The molecule has 0 saturated carbocycles. The SMILES string of the molecule is CN1CC[C@H](NCc2cncs2)C1. The first-order valence-electron chi connectivity index (χ1n) is 4.64. The van der Waals surface area contributed by atoms with Crippen molar-refractivity contribution < 1.29 is 0 Å². The molecular weight excluding hydrogens is 182 g/mol. The van der Waals surface area contributed by atoms with Crippen molar-refractivity contribution in [1.82, 2.24) is 15.2 Å². The molecule has 1 saturated heterocycles. The van der Waals surface area contributed by atoms with Gasteiger partial charge in [0.1, 0.15) is 0 Å². The third-order valence-electron chi connectivity index (χ3n) is 2.44. The van der Waals surface area contributed by atoms with Crippen LogP contribution in [-0.4, -0.2) is 36.1 Å². The third kappa shape index (κ3) is 2.49. The van der Waals surface area contributed by atoms with E-state index in [9.17, 15) is 0 Å². The van der Waals surface area contributed by atoms with Gasteiger partial charge in [0.25, 0.3) is 0 Å². The van der Waals surface area contributed by atoms with Gasteiger partial charge in [0.05, 0.1) is 5.51 Å². The molecule has 0 unspecified atom stereocenters. The lowest BCUT2D eigenvalue weighted by atomic mass is 10.2. The number of hydrogen-bond donors (Lipinski definition) is 1. The van der Waals surface area contributed by atoms with Gasteiger partial charge in [0, 0.05) is 30.2 Å². The molecule has 1 aromatic heterocycles. The molecule has 0 amide bonds. The smallest absolute Gasteiger partial charge is 0.0794 e. The third-order valence-corrected chi connectivity index (χ3v) is 3.22. The van der Waals surface area contributed by atoms with Gasteiger partial charge >= 0.3 is 0 Å². The molecular formula is C9H15N3S. The average molecular weight is 197 g/mol. The molecule has 13 heavy (non-hydrogen) atoms. The van der Waals surface area contributed by atoms with E-state index < -0.39 is 0 Å². The Kier molecular flexibility index (Phi) is 2.93. The molecule has 0 radical (unpaired) electrons. The van der Waals surface area contributed by atoms with Crippen LogP contribution in [0.15, 0.2) is 11.7 Å². The van der Waals surface area contributed by atoms with Crippen molar-refractivity contribution in [3.05, 3.63) is 16.6 Å². The quantitative estimate of drug-likeness (QED) is 0.781. The second kappa shape index (κ2) is 4.17. The highest BCUT2D eigenvalue weighted by Gasteiger charge is 2.18. The molecule has 0 aliphatic carbocycles. The van der Waals surface area contributed by atoms with Crippen LogP contribution in [0.2, 0.25) is 0 Å². The maximum absolute atomic E-state index is 4.05. The minimum Gasteiger partial charge on any atom is -0.308 e. The van der Waals surface area contributed by atoms with Crippen molar-refractivity contribution in [3.63, 3.8) is 0 Å². The first-order valence-corrected chi connectivity index (χ1v) is 5.52. The highest BCUT2D eigenvalue weighted by atomic mass is 32.1. The molecule has 0 spiro atoms. The van der Waals surface area contributed by atoms with Crippen LogP contribution in [0.5, 0.6) is 0 Å². The van der Waals surface area contributed by atoms with Crippen LogP contribution in [0.4, 0.5) is 0 Å². The summed E-state index contributed by atoms with van der Waals surface area (Å²) in [6.45, 7) is 3.38. The van der Waals surface area contributed by atoms with Crippen LogP contribution >= 0.6 is 11.3 Å². The fraction of sp³-hybridized carbons (Fsp3) is 0.667. The Morgan fingerprint density at radius 1 is 1.77 bits per heavy atom. The van der Waals surface area contributed by atoms with E-state index in [2.05, 4.69) is 22.2 Å². The lowest BCUT2D eigenvalue weighted by Gasteiger charge is -2.11. The molecule has 1 aliphatic rings. The molecule has 1 fully saturated rings. The zero-order valence-corrected chi connectivity index (χ0v) is 8.68. The molecule has 1 N–H and O–H groups in total. The van der Waals surface area contributed by atoms with E-state index in [-0.39, 0.29) is 0 Å². The normalized spacial score (nSPS) is 23.9. The Morgan fingerprint density at radius 2 is 2.69 bits per heavy atom. The Hall–Kier alpha value is -0.450. The molecule has 1 aliphatic heterocycles. The molecule has 1 aromatic rings. The van der Waals surface area contributed by atoms with E-state index in [1.807, 2.05) is 11.7 Å². The zero-order valence-electron chi connectivity index (χ0n) is 7.86. The first-order chi connectivity index (χ1) is 6.34. The number of rotatable bonds is 3. The Bertz CT molecular complexity index is 247. The number of hydrogen-bond acceptors (Lipinski definition) is 4. The van der Waals surface area contributed by atoms with Gasteiger partial charge in [-0.05, 0) is 20.0 Å². The summed E-state index contributed by atoms with van der Waals surface area (Å²) >= 11 is 1.72. The van der Waals surface area contributed by atoms with E-state index in [4.69, 9.17) is 0 Å². The predicted molar refractivity (Wildman–Crippen MR) is 54.9 cm³/mol. The molecule has 2 heterocycles. The molecule has 72 valence electrons. The fourth-order valence-corrected chi connectivity index (χ4v) is 2.22. The number of aromatic nitrogens is 1. The number of likely N-dealkylation sites (tertiary alicyclic amines) is 1. The van der Waals surface area contributed by atoms with Gasteiger partial charge in [-0.3, -0.25) is 4.98 Å². The van der Waals surface area contributed by atoms with Crippen LogP contribution in [0.3, 0.4) is 0 Å². The lowest BCUT2D eigenvalue weighted by Crippen LogP contribution is -2.30. The van der Waals surface area contributed by atoms with Gasteiger partial charge in [0.2, 0.25) is 0 Å². The highest BCUT2D eigenvalue weighted by Crippen LogP contribution is 2.09. The summed E-state index contributed by atoms with van der Waals surface area (Å²) in [5.41, 5.74) is 1.89. The second-order valence-corrected chi connectivity index (χ2v) is 4.57. The Morgan fingerprint density at radius 3 is 3.31 bits per heavy atom. The minimum absolute atomic E-state index is 0.673. The van der Waals surface area contributed by atoms with E-state index >= 15 is 0 Å². The maximum atomic E-state index is 4.05. The average Bonchev–Trinajstić information content (AvgIpc) is 2.71. The minimum atomic E-state index is 0.673. The van der Waals surface area contributed by atoms with Gasteiger partial charge in [-0.15, -0.1) is 11.3 Å². The first kappa shape index (κ1) is 9.12. The maximum Gasteiger partial charge on any atom is 0.0794 e. The zero-order chi connectivity index (χ0) is 9.10. The Labute approximate surface area is 82.8 Å². The van der Waals surface area contributed by atoms with Crippen LogP contribution in [0.1, 0.15) is 11.3 Å². The molecule has 2 rings (SSSR count). The van der Waals surface area contributed by atoms with Gasteiger partial charge in [-0.1, -0.05) is 0 Å². The van der Waals surface area contributed by atoms with E-state index in [0.717, 1.165) is 6.54 Å². The molecule has 4 heteroatoms. The topological polar surface area (TPSA) is 28.2 Å². The molecule has 1 atom stereocenters. The summed E-state index contributed by atoms with van der Waals surface area (Å²) in [5.74, 6) is 0. The van der Waals surface area contributed by atoms with E-state index in [1.165, 1.54) is 24.4 Å². The number of likely N-dealkylation sites (N-methyl/N-ethyl adjacent to an activating group) is 1. The largest absolute Gasteiger partial charge is 0.308 e. The fourth-order valence-electron chi connectivity index (χ4n) is 1.68. The van der Waals surface area contributed by atoms with Crippen molar-refractivity contribution in [2.45, 2.75) is 19.0 Å². The van der Waals surface area contributed by atoms with Crippen molar-refractivity contribution in [1.29, 1.82) is 0 Å². The van der Waals surface area contributed by atoms with Crippen molar-refractivity contribution in [2.24, 2.45) is 0 Å². The lowest BCUT2D eigenvalue weighted by molar-refractivity contribution is 0.398. The van der Waals surface area contributed by atoms with Crippen LogP contribution < -0.4 is 5.32 Å². The monoisotopic (exact) mass is 197 g/mol. The van der Waals surface area contributed by atoms with Crippen molar-refractivity contribution in [3.8, 4) is 0 Å². The standard InChI is InChI=1S/C9H15N3S/c1-12-3-2-8(6-12)11-5-9-4-10-7-13-9/h4,7-8,11H,2-3,5-6H2,1H3/t8-/m0/s1. The van der Waals surface area contributed by atoms with Crippen LogP contribution in [0, 0.1) is 0 Å². The molecule has 0 aromatic carbocycles.